The molecule has 1 aromatic heterocycles. The summed E-state index contributed by atoms with van der Waals surface area (Å²) in [7, 11) is 0. The van der Waals surface area contributed by atoms with Gasteiger partial charge in [0.05, 0.1) is 12.2 Å². The molecule has 0 amide bonds. The van der Waals surface area contributed by atoms with Crippen LogP contribution in [0.25, 0.3) is 5.69 Å². The summed E-state index contributed by atoms with van der Waals surface area (Å²) < 4.78 is 1.85. The van der Waals surface area contributed by atoms with Crippen LogP contribution in [0, 0.1) is 6.92 Å². The summed E-state index contributed by atoms with van der Waals surface area (Å²) in [6, 6.07) is 18.6. The van der Waals surface area contributed by atoms with Gasteiger partial charge in [0.1, 0.15) is 0 Å². The van der Waals surface area contributed by atoms with E-state index < -0.39 is 0 Å². The van der Waals surface area contributed by atoms with Crippen LogP contribution in [0.1, 0.15) is 23.6 Å². The van der Waals surface area contributed by atoms with Gasteiger partial charge in [0.25, 0.3) is 0 Å². The van der Waals surface area contributed by atoms with Crippen LogP contribution in [-0.2, 0) is 13.1 Å². The molecular formula is C21H26IN5. The van der Waals surface area contributed by atoms with Gasteiger partial charge in [-0.2, -0.15) is 5.10 Å². The fourth-order valence-electron chi connectivity index (χ4n) is 2.68. The number of halogens is 1. The van der Waals surface area contributed by atoms with Gasteiger partial charge < -0.3 is 10.6 Å². The first-order valence-electron chi connectivity index (χ1n) is 8.92. The molecule has 2 N–H and O–H groups in total. The Morgan fingerprint density at radius 3 is 2.48 bits per heavy atom. The monoisotopic (exact) mass is 475 g/mol. The number of nitrogens with one attached hydrogen (secondary N) is 2. The molecule has 0 spiro atoms. The zero-order chi connectivity index (χ0) is 18.2. The van der Waals surface area contributed by atoms with Crippen molar-refractivity contribution in [3.63, 3.8) is 0 Å². The third-order valence-electron chi connectivity index (χ3n) is 4.18. The summed E-state index contributed by atoms with van der Waals surface area (Å²) in [5.41, 5.74) is 4.77. The number of guanidine groups is 1. The first-order chi connectivity index (χ1) is 12.8. The van der Waals surface area contributed by atoms with E-state index in [4.69, 9.17) is 4.99 Å². The Kier molecular flexibility index (Phi) is 8.32. The number of aryl methyl sites for hydroxylation is 1. The molecule has 5 nitrogen and oxygen atoms in total. The molecule has 0 unspecified atom stereocenters. The van der Waals surface area contributed by atoms with E-state index in [2.05, 4.69) is 78.1 Å². The van der Waals surface area contributed by atoms with Gasteiger partial charge in [-0.3, -0.25) is 0 Å². The molecule has 0 fully saturated rings. The average molecular weight is 475 g/mol. The normalized spacial score (nSPS) is 11.0. The van der Waals surface area contributed by atoms with Crippen LogP contribution in [0.4, 0.5) is 0 Å². The van der Waals surface area contributed by atoms with Crippen molar-refractivity contribution < 1.29 is 0 Å². The van der Waals surface area contributed by atoms with Crippen LogP contribution in [0.15, 0.2) is 72.0 Å². The summed E-state index contributed by atoms with van der Waals surface area (Å²) in [4.78, 5) is 4.69. The Hall–Kier alpha value is -2.35. The molecule has 1 heterocycles. The zero-order valence-corrected chi connectivity index (χ0v) is 18.1. The van der Waals surface area contributed by atoms with E-state index in [0.717, 1.165) is 30.3 Å². The minimum Gasteiger partial charge on any atom is -0.357 e. The van der Waals surface area contributed by atoms with Crippen molar-refractivity contribution in [2.24, 2.45) is 4.99 Å². The Labute approximate surface area is 177 Å². The van der Waals surface area contributed by atoms with Gasteiger partial charge >= 0.3 is 0 Å². The van der Waals surface area contributed by atoms with E-state index in [1.807, 2.05) is 16.9 Å². The quantitative estimate of drug-likeness (QED) is 0.321. The van der Waals surface area contributed by atoms with Crippen molar-refractivity contribution in [2.45, 2.75) is 26.9 Å². The predicted octanol–water partition coefficient (Wildman–Crippen LogP) is 4.05. The molecular weight excluding hydrogens is 449 g/mol. The van der Waals surface area contributed by atoms with Gasteiger partial charge in [0.15, 0.2) is 5.96 Å². The van der Waals surface area contributed by atoms with E-state index >= 15 is 0 Å². The molecule has 0 radical (unpaired) electrons. The molecule has 2 aromatic carbocycles. The molecule has 6 heteroatoms. The highest BCUT2D eigenvalue weighted by Gasteiger charge is 2.01. The van der Waals surface area contributed by atoms with Gasteiger partial charge in [-0.05, 0) is 48.7 Å². The fourth-order valence-corrected chi connectivity index (χ4v) is 2.68. The topological polar surface area (TPSA) is 54.2 Å². The standard InChI is InChI=1S/C21H25N5.HI/c1-3-22-21(24-16-19-8-5-4-7-17(19)2)23-15-18-9-11-20(12-10-18)26-14-6-13-25-26;/h4-14H,3,15-16H2,1-2H3,(H2,22,23,24);1H. The van der Waals surface area contributed by atoms with Gasteiger partial charge in [0, 0.05) is 25.5 Å². The molecule has 3 rings (SSSR count). The molecule has 3 aromatic rings. The molecule has 0 aliphatic heterocycles. The van der Waals surface area contributed by atoms with Crippen LogP contribution in [0.2, 0.25) is 0 Å². The van der Waals surface area contributed by atoms with Crippen LogP contribution in [0.3, 0.4) is 0 Å². The minimum absolute atomic E-state index is 0. The molecule has 0 aliphatic carbocycles. The number of rotatable bonds is 6. The van der Waals surface area contributed by atoms with Crippen molar-refractivity contribution in [2.75, 3.05) is 6.54 Å². The first-order valence-corrected chi connectivity index (χ1v) is 8.92. The number of aliphatic imine (C=N–C) groups is 1. The zero-order valence-electron chi connectivity index (χ0n) is 15.7. The minimum atomic E-state index is 0. The second kappa shape index (κ2) is 10.7. The van der Waals surface area contributed by atoms with Crippen molar-refractivity contribution in [3.05, 3.63) is 83.7 Å². The summed E-state index contributed by atoms with van der Waals surface area (Å²) in [5.74, 6) is 0.826. The highest BCUT2D eigenvalue weighted by Crippen LogP contribution is 2.10. The molecule has 0 saturated heterocycles. The first kappa shape index (κ1) is 21.0. The van der Waals surface area contributed by atoms with Crippen molar-refractivity contribution in [3.8, 4) is 5.69 Å². The van der Waals surface area contributed by atoms with Crippen molar-refractivity contribution >= 4 is 29.9 Å². The lowest BCUT2D eigenvalue weighted by molar-refractivity contribution is 0.812. The van der Waals surface area contributed by atoms with Gasteiger partial charge in [-0.1, -0.05) is 36.4 Å². The van der Waals surface area contributed by atoms with Crippen molar-refractivity contribution in [1.29, 1.82) is 0 Å². The Bertz CT molecular complexity index is 841. The largest absolute Gasteiger partial charge is 0.357 e. The smallest absolute Gasteiger partial charge is 0.191 e. The summed E-state index contributed by atoms with van der Waals surface area (Å²) in [6.07, 6.45) is 3.72. The lowest BCUT2D eigenvalue weighted by Crippen LogP contribution is -2.36. The second-order valence-corrected chi connectivity index (χ2v) is 6.09. The Morgan fingerprint density at radius 2 is 1.81 bits per heavy atom. The van der Waals surface area contributed by atoms with E-state index in [1.165, 1.54) is 11.1 Å². The van der Waals surface area contributed by atoms with Crippen LogP contribution < -0.4 is 10.6 Å². The molecule has 0 saturated carbocycles. The molecule has 0 aliphatic rings. The molecule has 0 atom stereocenters. The number of hydrogen-bond acceptors (Lipinski definition) is 2. The van der Waals surface area contributed by atoms with Gasteiger partial charge in [-0.15, -0.1) is 24.0 Å². The summed E-state index contributed by atoms with van der Waals surface area (Å²) >= 11 is 0. The molecule has 142 valence electrons. The Morgan fingerprint density at radius 1 is 1.04 bits per heavy atom. The highest BCUT2D eigenvalue weighted by atomic mass is 127. The number of aromatic nitrogens is 2. The fraction of sp³-hybridized carbons (Fsp3) is 0.238. The maximum absolute atomic E-state index is 4.69. The van der Waals surface area contributed by atoms with Crippen LogP contribution >= 0.6 is 24.0 Å². The molecule has 27 heavy (non-hydrogen) atoms. The predicted molar refractivity (Wildman–Crippen MR) is 122 cm³/mol. The van der Waals surface area contributed by atoms with E-state index in [0.29, 0.717) is 6.54 Å². The second-order valence-electron chi connectivity index (χ2n) is 6.09. The number of benzene rings is 2. The maximum atomic E-state index is 4.69. The lowest BCUT2D eigenvalue weighted by atomic mass is 10.1. The summed E-state index contributed by atoms with van der Waals surface area (Å²) in [5, 5.41) is 11.0. The van der Waals surface area contributed by atoms with E-state index in [1.54, 1.807) is 6.20 Å². The Balaban J connectivity index is 0.00000261. The van der Waals surface area contributed by atoms with Gasteiger partial charge in [0.2, 0.25) is 0 Å². The maximum Gasteiger partial charge on any atom is 0.191 e. The van der Waals surface area contributed by atoms with Crippen LogP contribution in [-0.4, -0.2) is 22.3 Å². The highest BCUT2D eigenvalue weighted by molar-refractivity contribution is 14.0. The van der Waals surface area contributed by atoms with Crippen molar-refractivity contribution in [1.82, 2.24) is 20.4 Å². The van der Waals surface area contributed by atoms with Gasteiger partial charge in [-0.25, -0.2) is 9.67 Å². The lowest BCUT2D eigenvalue weighted by Gasteiger charge is -2.13. The average Bonchev–Trinajstić information content (AvgIpc) is 3.20. The molecule has 0 bridgehead atoms. The van der Waals surface area contributed by atoms with Crippen LogP contribution in [0.5, 0.6) is 0 Å². The van der Waals surface area contributed by atoms with E-state index in [-0.39, 0.29) is 24.0 Å². The summed E-state index contributed by atoms with van der Waals surface area (Å²) in [6.45, 7) is 6.42. The number of nitrogens with zero attached hydrogens (tertiary/aromatic N) is 3. The third kappa shape index (κ3) is 6.09. The SMILES string of the molecule is CCNC(=NCc1ccc(-n2cccn2)cc1)NCc1ccccc1C.I. The van der Waals surface area contributed by atoms with E-state index in [9.17, 15) is 0 Å². The number of hydrogen-bond donors (Lipinski definition) is 2. The third-order valence-corrected chi connectivity index (χ3v) is 4.18.